The van der Waals surface area contributed by atoms with Crippen molar-refractivity contribution in [2.75, 3.05) is 6.54 Å². The standard InChI is InChI=1S/C17H23N3O2S/c1-11-12(2)23-16(20-8-6-7-9-20)14(11)15(22)18-10-13(21)19-17(3,4)5/h6-9H,10H2,1-5H3,(H,18,22)(H,19,21). The maximum Gasteiger partial charge on any atom is 0.255 e. The first kappa shape index (κ1) is 17.3. The van der Waals surface area contributed by atoms with Gasteiger partial charge < -0.3 is 15.2 Å². The lowest BCUT2D eigenvalue weighted by molar-refractivity contribution is -0.121. The molecule has 0 unspecified atom stereocenters. The second-order valence-corrected chi connectivity index (χ2v) is 7.74. The van der Waals surface area contributed by atoms with Crippen molar-refractivity contribution in [3.63, 3.8) is 0 Å². The zero-order valence-corrected chi connectivity index (χ0v) is 15.0. The molecule has 5 nitrogen and oxygen atoms in total. The van der Waals surface area contributed by atoms with E-state index in [-0.39, 0.29) is 23.9 Å². The van der Waals surface area contributed by atoms with Crippen LogP contribution in [0, 0.1) is 13.8 Å². The van der Waals surface area contributed by atoms with Crippen LogP contribution in [0.1, 0.15) is 41.6 Å². The molecule has 2 N–H and O–H groups in total. The fourth-order valence-electron chi connectivity index (χ4n) is 2.24. The van der Waals surface area contributed by atoms with Crippen LogP contribution in [0.15, 0.2) is 24.5 Å². The van der Waals surface area contributed by atoms with Gasteiger partial charge in [-0.25, -0.2) is 0 Å². The lowest BCUT2D eigenvalue weighted by atomic mass is 10.1. The zero-order valence-electron chi connectivity index (χ0n) is 14.2. The van der Waals surface area contributed by atoms with Crippen molar-refractivity contribution in [3.05, 3.63) is 40.5 Å². The van der Waals surface area contributed by atoms with E-state index < -0.39 is 0 Å². The molecule has 0 saturated heterocycles. The van der Waals surface area contributed by atoms with Crippen molar-refractivity contribution in [1.29, 1.82) is 0 Å². The molecule has 0 radical (unpaired) electrons. The Morgan fingerprint density at radius 1 is 1.17 bits per heavy atom. The molecule has 2 heterocycles. The summed E-state index contributed by atoms with van der Waals surface area (Å²) in [6.45, 7) is 9.62. The van der Waals surface area contributed by atoms with Gasteiger partial charge in [0.25, 0.3) is 5.91 Å². The molecule has 0 atom stereocenters. The average molecular weight is 333 g/mol. The van der Waals surface area contributed by atoms with Crippen molar-refractivity contribution < 1.29 is 9.59 Å². The summed E-state index contributed by atoms with van der Waals surface area (Å²) in [7, 11) is 0. The lowest BCUT2D eigenvalue weighted by Gasteiger charge is -2.20. The van der Waals surface area contributed by atoms with Crippen molar-refractivity contribution in [2.45, 2.75) is 40.2 Å². The molecule has 2 aromatic rings. The number of hydrogen-bond acceptors (Lipinski definition) is 3. The largest absolute Gasteiger partial charge is 0.350 e. The Bertz CT molecular complexity index is 709. The van der Waals surface area contributed by atoms with Crippen LogP contribution in [0.2, 0.25) is 0 Å². The van der Waals surface area contributed by atoms with Gasteiger partial charge >= 0.3 is 0 Å². The summed E-state index contributed by atoms with van der Waals surface area (Å²) in [4.78, 5) is 25.5. The van der Waals surface area contributed by atoms with E-state index in [0.717, 1.165) is 15.4 Å². The lowest BCUT2D eigenvalue weighted by Crippen LogP contribution is -2.45. The summed E-state index contributed by atoms with van der Waals surface area (Å²) < 4.78 is 1.93. The average Bonchev–Trinajstić information content (AvgIpc) is 3.04. The first-order valence-electron chi connectivity index (χ1n) is 7.51. The third-order valence-corrected chi connectivity index (χ3v) is 4.58. The highest BCUT2D eigenvalue weighted by Crippen LogP contribution is 2.30. The van der Waals surface area contributed by atoms with Gasteiger partial charge in [-0.15, -0.1) is 11.3 Å². The number of thiophene rings is 1. The Balaban J connectivity index is 2.15. The summed E-state index contributed by atoms with van der Waals surface area (Å²) >= 11 is 1.57. The van der Waals surface area contributed by atoms with E-state index in [1.165, 1.54) is 0 Å². The number of aromatic nitrogens is 1. The second kappa shape index (κ2) is 6.58. The molecule has 0 spiro atoms. The summed E-state index contributed by atoms with van der Waals surface area (Å²) in [6, 6.07) is 3.84. The highest BCUT2D eigenvalue weighted by atomic mass is 32.1. The highest BCUT2D eigenvalue weighted by molar-refractivity contribution is 7.15. The van der Waals surface area contributed by atoms with E-state index in [1.54, 1.807) is 11.3 Å². The first-order valence-corrected chi connectivity index (χ1v) is 8.33. The van der Waals surface area contributed by atoms with Gasteiger partial charge in [0.2, 0.25) is 5.91 Å². The van der Waals surface area contributed by atoms with Crippen LogP contribution in [0.4, 0.5) is 0 Å². The molecule has 124 valence electrons. The normalized spacial score (nSPS) is 11.3. The van der Waals surface area contributed by atoms with Crippen LogP contribution in [0.5, 0.6) is 0 Å². The molecule has 2 aromatic heterocycles. The van der Waals surface area contributed by atoms with E-state index in [1.807, 2.05) is 63.7 Å². The van der Waals surface area contributed by atoms with Crippen molar-refractivity contribution >= 4 is 23.2 Å². The number of nitrogens with one attached hydrogen (secondary N) is 2. The third kappa shape index (κ3) is 4.22. The van der Waals surface area contributed by atoms with Crippen molar-refractivity contribution in [1.82, 2.24) is 15.2 Å². The van der Waals surface area contributed by atoms with E-state index in [2.05, 4.69) is 10.6 Å². The number of aryl methyl sites for hydroxylation is 1. The topological polar surface area (TPSA) is 63.1 Å². The van der Waals surface area contributed by atoms with Gasteiger partial charge in [0.1, 0.15) is 5.00 Å². The molecule has 0 aliphatic carbocycles. The number of carbonyl (C=O) groups is 2. The Morgan fingerprint density at radius 2 is 1.78 bits per heavy atom. The fraction of sp³-hybridized carbons (Fsp3) is 0.412. The molecule has 6 heteroatoms. The number of carbonyl (C=O) groups excluding carboxylic acids is 2. The van der Waals surface area contributed by atoms with Gasteiger partial charge in [-0.1, -0.05) is 0 Å². The molecule has 2 amide bonds. The van der Waals surface area contributed by atoms with Crippen molar-refractivity contribution in [2.24, 2.45) is 0 Å². The zero-order chi connectivity index (χ0) is 17.2. The summed E-state index contributed by atoms with van der Waals surface area (Å²) in [5, 5.41) is 6.43. The quantitative estimate of drug-likeness (QED) is 0.904. The minimum atomic E-state index is -0.313. The Hall–Kier alpha value is -2.08. The maximum absolute atomic E-state index is 12.6. The molecule has 0 fully saturated rings. The van der Waals surface area contributed by atoms with Gasteiger partial charge in [0.15, 0.2) is 0 Å². The number of rotatable bonds is 4. The first-order chi connectivity index (χ1) is 10.7. The van der Waals surface area contributed by atoms with Crippen molar-refractivity contribution in [3.8, 4) is 5.00 Å². The fourth-order valence-corrected chi connectivity index (χ4v) is 3.36. The van der Waals surface area contributed by atoms with Gasteiger partial charge in [-0.3, -0.25) is 9.59 Å². The van der Waals surface area contributed by atoms with Gasteiger partial charge in [-0.2, -0.15) is 0 Å². The van der Waals surface area contributed by atoms with Gasteiger partial charge in [0.05, 0.1) is 12.1 Å². The van der Waals surface area contributed by atoms with Crippen LogP contribution in [0.25, 0.3) is 5.00 Å². The number of hydrogen-bond donors (Lipinski definition) is 2. The Labute approximate surface area is 140 Å². The summed E-state index contributed by atoms with van der Waals surface area (Å²) in [5.74, 6) is -0.419. The number of amides is 2. The van der Waals surface area contributed by atoms with Gasteiger partial charge in [-0.05, 0) is 52.3 Å². The SMILES string of the molecule is Cc1sc(-n2cccc2)c(C(=O)NCC(=O)NC(C)(C)C)c1C. The molecular weight excluding hydrogens is 310 g/mol. The molecule has 0 saturated carbocycles. The van der Waals surface area contributed by atoms with Crippen LogP contribution in [-0.4, -0.2) is 28.5 Å². The minimum absolute atomic E-state index is 0.0322. The second-order valence-electron chi connectivity index (χ2n) is 6.53. The van der Waals surface area contributed by atoms with E-state index in [9.17, 15) is 9.59 Å². The number of nitrogens with zero attached hydrogens (tertiary/aromatic N) is 1. The van der Waals surface area contributed by atoms with E-state index in [4.69, 9.17) is 0 Å². The smallest absolute Gasteiger partial charge is 0.255 e. The maximum atomic E-state index is 12.6. The summed E-state index contributed by atoms with van der Waals surface area (Å²) in [6.07, 6.45) is 3.82. The van der Waals surface area contributed by atoms with Crippen LogP contribution in [-0.2, 0) is 4.79 Å². The van der Waals surface area contributed by atoms with Crippen LogP contribution < -0.4 is 10.6 Å². The molecule has 0 bridgehead atoms. The molecule has 0 aliphatic heterocycles. The molecule has 23 heavy (non-hydrogen) atoms. The van der Waals surface area contributed by atoms with E-state index >= 15 is 0 Å². The highest BCUT2D eigenvalue weighted by Gasteiger charge is 2.21. The Kier molecular flexibility index (Phi) is 4.94. The van der Waals surface area contributed by atoms with Crippen LogP contribution in [0.3, 0.4) is 0 Å². The van der Waals surface area contributed by atoms with Crippen LogP contribution >= 0.6 is 11.3 Å². The summed E-state index contributed by atoms with van der Waals surface area (Å²) in [5.41, 5.74) is 1.27. The monoisotopic (exact) mass is 333 g/mol. The molecule has 0 aromatic carbocycles. The predicted molar refractivity (Wildman–Crippen MR) is 93.3 cm³/mol. The molecule has 0 aliphatic rings. The minimum Gasteiger partial charge on any atom is -0.350 e. The molecular formula is C17H23N3O2S. The molecule has 2 rings (SSSR count). The predicted octanol–water partition coefficient (Wildman–Crippen LogP) is 2.80. The third-order valence-electron chi connectivity index (χ3n) is 3.36. The van der Waals surface area contributed by atoms with Gasteiger partial charge in [0, 0.05) is 22.8 Å². The Morgan fingerprint density at radius 3 is 2.35 bits per heavy atom. The van der Waals surface area contributed by atoms with E-state index in [0.29, 0.717) is 5.56 Å².